The van der Waals surface area contributed by atoms with Crippen molar-refractivity contribution in [3.8, 4) is 0 Å². The zero-order chi connectivity index (χ0) is 14.8. The Hall–Kier alpha value is -0.920. The number of benzene rings is 1. The molecule has 0 spiro atoms. The van der Waals surface area contributed by atoms with E-state index in [-0.39, 0.29) is 10.8 Å². The van der Waals surface area contributed by atoms with Crippen molar-refractivity contribution in [1.29, 1.82) is 0 Å². The van der Waals surface area contributed by atoms with Crippen LogP contribution in [0.5, 0.6) is 0 Å². The number of hydrogen-bond acceptors (Lipinski definition) is 3. The summed E-state index contributed by atoms with van der Waals surface area (Å²) < 4.78 is 27.2. The molecule has 0 bridgehead atoms. The van der Waals surface area contributed by atoms with E-state index in [1.807, 2.05) is 6.92 Å². The van der Waals surface area contributed by atoms with E-state index in [1.165, 1.54) is 17.9 Å². The lowest BCUT2D eigenvalue weighted by molar-refractivity contribution is -0.130. The summed E-state index contributed by atoms with van der Waals surface area (Å²) in [6.45, 7) is 3.38. The van der Waals surface area contributed by atoms with Gasteiger partial charge in [0.25, 0.3) is 0 Å². The first kappa shape index (κ1) is 16.1. The number of hydrogen-bond donors (Lipinski definition) is 1. The Balaban J connectivity index is 3.02. The van der Waals surface area contributed by atoms with Crippen LogP contribution in [0.3, 0.4) is 0 Å². The number of nitrogens with one attached hydrogen (secondary N) is 1. The number of halogens is 1. The molecular formula is C12H17BrN2O3S. The number of carbonyl (C=O) groups is 1. The summed E-state index contributed by atoms with van der Waals surface area (Å²) in [6.07, 6.45) is 0. The zero-order valence-corrected chi connectivity index (χ0v) is 13.7. The SMILES string of the molecule is Cc1ccc(S(=O)(=O)NC(C)C(=O)N(C)C)c(Br)c1. The maximum Gasteiger partial charge on any atom is 0.242 e. The third kappa shape index (κ3) is 4.02. The Morgan fingerprint density at radius 2 is 1.95 bits per heavy atom. The fourth-order valence-electron chi connectivity index (χ4n) is 1.56. The van der Waals surface area contributed by atoms with Crippen LogP contribution in [0.1, 0.15) is 12.5 Å². The highest BCUT2D eigenvalue weighted by Crippen LogP contribution is 2.23. The first-order valence-corrected chi connectivity index (χ1v) is 7.92. The van der Waals surface area contributed by atoms with Gasteiger partial charge in [0.2, 0.25) is 15.9 Å². The van der Waals surface area contributed by atoms with Crippen molar-refractivity contribution >= 4 is 31.9 Å². The number of aryl methyl sites for hydroxylation is 1. The lowest BCUT2D eigenvalue weighted by Gasteiger charge is -2.18. The van der Waals surface area contributed by atoms with Gasteiger partial charge in [-0.15, -0.1) is 0 Å². The number of nitrogens with zero attached hydrogens (tertiary/aromatic N) is 1. The second-order valence-electron chi connectivity index (χ2n) is 4.51. The molecule has 0 fully saturated rings. The van der Waals surface area contributed by atoms with Gasteiger partial charge in [-0.1, -0.05) is 6.07 Å². The van der Waals surface area contributed by atoms with Gasteiger partial charge in [0.1, 0.15) is 0 Å². The largest absolute Gasteiger partial charge is 0.347 e. The summed E-state index contributed by atoms with van der Waals surface area (Å²) in [5.74, 6) is -0.299. The summed E-state index contributed by atoms with van der Waals surface area (Å²) in [7, 11) is -0.573. The molecule has 0 aliphatic carbocycles. The zero-order valence-electron chi connectivity index (χ0n) is 11.3. The van der Waals surface area contributed by atoms with Crippen LogP contribution in [-0.2, 0) is 14.8 Å². The fourth-order valence-corrected chi connectivity index (χ4v) is 3.95. The average molecular weight is 349 g/mol. The van der Waals surface area contributed by atoms with Crippen molar-refractivity contribution in [2.24, 2.45) is 0 Å². The van der Waals surface area contributed by atoms with Gasteiger partial charge in [-0.05, 0) is 47.5 Å². The standard InChI is InChI=1S/C12H17BrN2O3S/c1-8-5-6-11(10(13)7-8)19(17,18)14-9(2)12(16)15(3)4/h5-7,9,14H,1-4H3. The van der Waals surface area contributed by atoms with E-state index >= 15 is 0 Å². The quantitative estimate of drug-likeness (QED) is 0.896. The molecule has 1 aromatic carbocycles. The highest BCUT2D eigenvalue weighted by atomic mass is 79.9. The van der Waals surface area contributed by atoms with Crippen LogP contribution in [0.15, 0.2) is 27.6 Å². The van der Waals surface area contributed by atoms with Crippen molar-refractivity contribution in [3.05, 3.63) is 28.2 Å². The van der Waals surface area contributed by atoms with E-state index in [1.54, 1.807) is 26.2 Å². The monoisotopic (exact) mass is 348 g/mol. The number of rotatable bonds is 4. The number of carbonyl (C=O) groups excluding carboxylic acids is 1. The average Bonchev–Trinajstić information content (AvgIpc) is 2.26. The highest BCUT2D eigenvalue weighted by molar-refractivity contribution is 9.10. The molecule has 0 saturated carbocycles. The van der Waals surface area contributed by atoms with Gasteiger partial charge in [-0.2, -0.15) is 4.72 Å². The molecule has 1 N–H and O–H groups in total. The molecule has 19 heavy (non-hydrogen) atoms. The lowest BCUT2D eigenvalue weighted by Crippen LogP contribution is -2.44. The second kappa shape index (κ2) is 6.02. The minimum Gasteiger partial charge on any atom is -0.347 e. The summed E-state index contributed by atoms with van der Waals surface area (Å²) in [4.78, 5) is 13.1. The molecule has 0 radical (unpaired) electrons. The minimum atomic E-state index is -3.73. The third-order valence-electron chi connectivity index (χ3n) is 2.52. The molecule has 1 aromatic rings. The van der Waals surface area contributed by atoms with Crippen molar-refractivity contribution in [1.82, 2.24) is 9.62 Å². The molecule has 1 unspecified atom stereocenters. The van der Waals surface area contributed by atoms with E-state index < -0.39 is 16.1 Å². The molecule has 1 rings (SSSR count). The molecule has 0 saturated heterocycles. The summed E-state index contributed by atoms with van der Waals surface area (Å²) in [5, 5.41) is 0. The van der Waals surface area contributed by atoms with Crippen LogP contribution in [0, 0.1) is 6.92 Å². The molecule has 5 nitrogen and oxygen atoms in total. The third-order valence-corrected chi connectivity index (χ3v) is 5.04. The van der Waals surface area contributed by atoms with Crippen molar-refractivity contribution in [2.75, 3.05) is 14.1 Å². The molecule has 0 aromatic heterocycles. The van der Waals surface area contributed by atoms with Gasteiger partial charge in [0.15, 0.2) is 0 Å². The topological polar surface area (TPSA) is 66.5 Å². The minimum absolute atomic E-state index is 0.122. The van der Waals surface area contributed by atoms with Crippen molar-refractivity contribution in [2.45, 2.75) is 24.8 Å². The fraction of sp³-hybridized carbons (Fsp3) is 0.417. The Bertz CT molecular complexity index is 585. The van der Waals surface area contributed by atoms with Gasteiger partial charge in [-0.3, -0.25) is 4.79 Å². The highest BCUT2D eigenvalue weighted by Gasteiger charge is 2.24. The van der Waals surface area contributed by atoms with Crippen LogP contribution < -0.4 is 4.72 Å². The first-order chi connectivity index (χ1) is 8.65. The van der Waals surface area contributed by atoms with Gasteiger partial charge in [-0.25, -0.2) is 8.42 Å². The van der Waals surface area contributed by atoms with E-state index in [0.717, 1.165) is 5.56 Å². The molecule has 106 valence electrons. The summed E-state index contributed by atoms with van der Waals surface area (Å²) >= 11 is 3.22. The predicted octanol–water partition coefficient (Wildman–Crippen LogP) is 1.51. The maximum absolute atomic E-state index is 12.2. The van der Waals surface area contributed by atoms with E-state index in [9.17, 15) is 13.2 Å². The van der Waals surface area contributed by atoms with Crippen LogP contribution >= 0.6 is 15.9 Å². The predicted molar refractivity (Wildman–Crippen MR) is 77.4 cm³/mol. The molecule has 0 aliphatic heterocycles. The van der Waals surface area contributed by atoms with Crippen LogP contribution in [0.2, 0.25) is 0 Å². The number of amides is 1. The number of likely N-dealkylation sites (N-methyl/N-ethyl adjacent to an activating group) is 1. The molecule has 1 amide bonds. The van der Waals surface area contributed by atoms with Crippen molar-refractivity contribution in [3.63, 3.8) is 0 Å². The smallest absolute Gasteiger partial charge is 0.242 e. The molecule has 7 heteroatoms. The maximum atomic E-state index is 12.2. The van der Waals surface area contributed by atoms with Gasteiger partial charge >= 0.3 is 0 Å². The van der Waals surface area contributed by atoms with Crippen LogP contribution in [0.4, 0.5) is 0 Å². The Morgan fingerprint density at radius 3 is 2.42 bits per heavy atom. The van der Waals surface area contributed by atoms with Gasteiger partial charge in [0, 0.05) is 18.6 Å². The molecular weight excluding hydrogens is 332 g/mol. The van der Waals surface area contributed by atoms with Gasteiger partial charge < -0.3 is 4.90 Å². The van der Waals surface area contributed by atoms with Gasteiger partial charge in [0.05, 0.1) is 10.9 Å². The summed E-state index contributed by atoms with van der Waals surface area (Å²) in [6, 6.07) is 4.12. The Labute approximate surface area is 122 Å². The Morgan fingerprint density at radius 1 is 1.37 bits per heavy atom. The first-order valence-electron chi connectivity index (χ1n) is 5.65. The van der Waals surface area contributed by atoms with Crippen molar-refractivity contribution < 1.29 is 13.2 Å². The van der Waals surface area contributed by atoms with E-state index in [0.29, 0.717) is 4.47 Å². The van der Waals surface area contributed by atoms with Crippen LogP contribution in [-0.4, -0.2) is 39.4 Å². The Kier molecular flexibility index (Phi) is 5.11. The van der Waals surface area contributed by atoms with E-state index in [4.69, 9.17) is 0 Å². The normalized spacial score (nSPS) is 13.1. The molecule has 0 aliphatic rings. The molecule has 0 heterocycles. The molecule has 1 atom stereocenters. The van der Waals surface area contributed by atoms with E-state index in [2.05, 4.69) is 20.7 Å². The second-order valence-corrected chi connectivity index (χ2v) is 7.05. The number of sulfonamides is 1. The lowest BCUT2D eigenvalue weighted by atomic mass is 10.2. The van der Waals surface area contributed by atoms with Crippen LogP contribution in [0.25, 0.3) is 0 Å². The summed E-state index contributed by atoms with van der Waals surface area (Å²) in [5.41, 5.74) is 0.947.